The van der Waals surface area contributed by atoms with Crippen molar-refractivity contribution in [2.45, 2.75) is 60.6 Å². The lowest BCUT2D eigenvalue weighted by molar-refractivity contribution is 0.0973. The molecule has 3 aliphatic rings. The molecule has 4 heterocycles. The van der Waals surface area contributed by atoms with Gasteiger partial charge in [-0.3, -0.25) is 9.36 Å². The fourth-order valence-corrected chi connectivity index (χ4v) is 5.81. The molecule has 0 amide bonds. The number of ether oxygens (including phenoxy) is 1. The third kappa shape index (κ3) is 4.00. The van der Waals surface area contributed by atoms with E-state index in [2.05, 4.69) is 20.2 Å². The smallest absolute Gasteiger partial charge is 0.268 e. The van der Waals surface area contributed by atoms with Crippen molar-refractivity contribution in [3.8, 4) is 0 Å². The molecule has 172 valence electrons. The zero-order valence-corrected chi connectivity index (χ0v) is 20.0. The van der Waals surface area contributed by atoms with Crippen LogP contribution in [0.15, 0.2) is 33.0 Å². The van der Waals surface area contributed by atoms with E-state index in [1.54, 1.807) is 24.0 Å². The van der Waals surface area contributed by atoms with Crippen LogP contribution >= 0.6 is 23.4 Å². The molecule has 1 aliphatic carbocycles. The average molecular weight is 477 g/mol. The summed E-state index contributed by atoms with van der Waals surface area (Å²) >= 11 is 7.88. The molecular weight excluding hydrogens is 448 g/mol. The van der Waals surface area contributed by atoms with Crippen LogP contribution in [0.5, 0.6) is 0 Å². The standard InChI is InChI=1S/C22H29ClN6O2S/c1-13-18(24)22(12-31-13)6-9-29(10-7-22)21-26-11-16(20(30)28(21)2)32-15-5-8-25-19(17(15)23)27-14-3-4-14/h5,8,11,13-14,18H,3-4,6-7,9-10,12,24H2,1-2H3,(H,25,27)/t13-,18+/m0/s1. The van der Waals surface area contributed by atoms with Gasteiger partial charge in [0, 0.05) is 48.7 Å². The third-order valence-electron chi connectivity index (χ3n) is 6.99. The highest BCUT2D eigenvalue weighted by Crippen LogP contribution is 2.42. The van der Waals surface area contributed by atoms with E-state index in [0.717, 1.165) is 50.3 Å². The number of nitrogens with two attached hydrogens (primary N) is 1. The molecule has 2 saturated heterocycles. The Morgan fingerprint density at radius 2 is 2.03 bits per heavy atom. The topological polar surface area (TPSA) is 98.3 Å². The Hall–Kier alpha value is -1.81. The van der Waals surface area contributed by atoms with Crippen LogP contribution in [0.4, 0.5) is 11.8 Å². The Bertz CT molecular complexity index is 1070. The molecule has 5 rings (SSSR count). The predicted octanol–water partition coefficient (Wildman–Crippen LogP) is 2.89. The van der Waals surface area contributed by atoms with E-state index in [1.165, 1.54) is 11.8 Å². The largest absolute Gasteiger partial charge is 0.376 e. The number of rotatable bonds is 5. The van der Waals surface area contributed by atoms with Crippen LogP contribution in [0.3, 0.4) is 0 Å². The lowest BCUT2D eigenvalue weighted by Crippen LogP contribution is -2.51. The van der Waals surface area contributed by atoms with Gasteiger partial charge >= 0.3 is 0 Å². The summed E-state index contributed by atoms with van der Waals surface area (Å²) in [6, 6.07) is 2.34. The predicted molar refractivity (Wildman–Crippen MR) is 127 cm³/mol. The molecule has 3 N–H and O–H groups in total. The second-order valence-corrected chi connectivity index (χ2v) is 10.6. The Balaban J connectivity index is 1.32. The van der Waals surface area contributed by atoms with E-state index in [0.29, 0.717) is 27.7 Å². The maximum absolute atomic E-state index is 13.1. The maximum atomic E-state index is 13.1. The molecule has 0 bridgehead atoms. The first-order valence-electron chi connectivity index (χ1n) is 11.1. The molecule has 32 heavy (non-hydrogen) atoms. The molecular formula is C22H29ClN6O2S. The highest BCUT2D eigenvalue weighted by molar-refractivity contribution is 7.99. The number of hydrogen-bond acceptors (Lipinski definition) is 8. The molecule has 2 atom stereocenters. The Kier molecular flexibility index (Phi) is 5.86. The van der Waals surface area contributed by atoms with Gasteiger partial charge < -0.3 is 20.7 Å². The van der Waals surface area contributed by atoms with Crippen LogP contribution in [-0.2, 0) is 11.8 Å². The summed E-state index contributed by atoms with van der Waals surface area (Å²) in [5, 5.41) is 3.88. The summed E-state index contributed by atoms with van der Waals surface area (Å²) in [6.45, 7) is 4.38. The highest BCUT2D eigenvalue weighted by Gasteiger charge is 2.47. The Morgan fingerprint density at radius 3 is 2.69 bits per heavy atom. The van der Waals surface area contributed by atoms with Crippen molar-refractivity contribution < 1.29 is 4.74 Å². The summed E-state index contributed by atoms with van der Waals surface area (Å²) < 4.78 is 7.45. The lowest BCUT2D eigenvalue weighted by Gasteiger charge is -2.41. The molecule has 1 saturated carbocycles. The zero-order chi connectivity index (χ0) is 22.5. The molecule has 2 aromatic heterocycles. The van der Waals surface area contributed by atoms with Crippen LogP contribution < -0.4 is 21.5 Å². The van der Waals surface area contributed by atoms with Gasteiger partial charge in [0.05, 0.1) is 28.8 Å². The average Bonchev–Trinajstić information content (AvgIpc) is 3.57. The quantitative estimate of drug-likeness (QED) is 0.679. The molecule has 2 aliphatic heterocycles. The van der Waals surface area contributed by atoms with Gasteiger partial charge in [-0.05, 0) is 38.7 Å². The van der Waals surface area contributed by atoms with Crippen LogP contribution in [0.25, 0.3) is 0 Å². The number of halogens is 1. The number of nitrogens with zero attached hydrogens (tertiary/aromatic N) is 4. The fraction of sp³-hybridized carbons (Fsp3) is 0.591. The van der Waals surface area contributed by atoms with Gasteiger partial charge in [0.15, 0.2) is 0 Å². The molecule has 10 heteroatoms. The Morgan fingerprint density at radius 1 is 1.28 bits per heavy atom. The van der Waals surface area contributed by atoms with Crippen molar-refractivity contribution >= 4 is 35.1 Å². The van der Waals surface area contributed by atoms with Crippen LogP contribution in [0.1, 0.15) is 32.6 Å². The van der Waals surface area contributed by atoms with Crippen molar-refractivity contribution in [2.75, 3.05) is 29.9 Å². The molecule has 8 nitrogen and oxygen atoms in total. The van der Waals surface area contributed by atoms with Crippen molar-refractivity contribution in [3.63, 3.8) is 0 Å². The van der Waals surface area contributed by atoms with Crippen molar-refractivity contribution in [1.29, 1.82) is 0 Å². The molecule has 3 fully saturated rings. The first-order valence-corrected chi connectivity index (χ1v) is 12.3. The first-order chi connectivity index (χ1) is 15.4. The number of aromatic nitrogens is 3. The second kappa shape index (κ2) is 8.52. The maximum Gasteiger partial charge on any atom is 0.268 e. The summed E-state index contributed by atoms with van der Waals surface area (Å²) in [7, 11) is 1.78. The minimum Gasteiger partial charge on any atom is -0.376 e. The first kappa shape index (κ1) is 22.0. The van der Waals surface area contributed by atoms with E-state index in [9.17, 15) is 4.79 Å². The van der Waals surface area contributed by atoms with Gasteiger partial charge in [-0.15, -0.1) is 0 Å². The van der Waals surface area contributed by atoms with Crippen molar-refractivity contribution in [2.24, 2.45) is 18.2 Å². The lowest BCUT2D eigenvalue weighted by atomic mass is 9.73. The minimum atomic E-state index is -0.0839. The van der Waals surface area contributed by atoms with Crippen molar-refractivity contribution in [1.82, 2.24) is 14.5 Å². The number of pyridine rings is 1. The number of hydrogen-bond donors (Lipinski definition) is 2. The molecule has 0 unspecified atom stereocenters. The van der Waals surface area contributed by atoms with Gasteiger partial charge in [-0.25, -0.2) is 9.97 Å². The normalized spacial score (nSPS) is 24.8. The third-order valence-corrected chi connectivity index (χ3v) is 8.55. The SMILES string of the molecule is C[C@@H]1OCC2(CCN(c3ncc(Sc4ccnc(NC5CC5)c4Cl)c(=O)n3C)CC2)[C@@H]1N. The summed E-state index contributed by atoms with van der Waals surface area (Å²) in [5.74, 6) is 1.36. The van der Waals surface area contributed by atoms with Crippen LogP contribution in [0, 0.1) is 5.41 Å². The number of piperidine rings is 1. The van der Waals surface area contributed by atoms with Crippen LogP contribution in [0.2, 0.25) is 5.02 Å². The summed E-state index contributed by atoms with van der Waals surface area (Å²) in [5.41, 5.74) is 6.39. The summed E-state index contributed by atoms with van der Waals surface area (Å²) in [6.07, 6.45) is 7.62. The van der Waals surface area contributed by atoms with Gasteiger partial charge in [0.1, 0.15) is 5.82 Å². The van der Waals surface area contributed by atoms with E-state index in [4.69, 9.17) is 22.1 Å². The number of nitrogens with one attached hydrogen (secondary N) is 1. The van der Waals surface area contributed by atoms with Gasteiger partial charge in [-0.1, -0.05) is 23.4 Å². The second-order valence-electron chi connectivity index (χ2n) is 9.17. The van der Waals surface area contributed by atoms with Crippen LogP contribution in [-0.4, -0.2) is 52.4 Å². The molecule has 2 aromatic rings. The highest BCUT2D eigenvalue weighted by atomic mass is 35.5. The molecule has 0 radical (unpaired) electrons. The number of anilines is 2. The van der Waals surface area contributed by atoms with E-state index >= 15 is 0 Å². The minimum absolute atomic E-state index is 0.0366. The molecule has 1 spiro atoms. The van der Waals surface area contributed by atoms with Gasteiger partial charge in [0.25, 0.3) is 5.56 Å². The van der Waals surface area contributed by atoms with E-state index in [-0.39, 0.29) is 23.1 Å². The van der Waals surface area contributed by atoms with Crippen molar-refractivity contribution in [3.05, 3.63) is 33.8 Å². The van der Waals surface area contributed by atoms with Gasteiger partial charge in [0.2, 0.25) is 5.95 Å². The van der Waals surface area contributed by atoms with Gasteiger partial charge in [-0.2, -0.15) is 0 Å². The molecule has 0 aromatic carbocycles. The Labute approximate surface area is 196 Å². The van der Waals surface area contributed by atoms with E-state index in [1.807, 2.05) is 13.0 Å². The monoisotopic (exact) mass is 476 g/mol. The zero-order valence-electron chi connectivity index (χ0n) is 18.4. The summed E-state index contributed by atoms with van der Waals surface area (Å²) in [4.78, 5) is 25.6. The van der Waals surface area contributed by atoms with E-state index < -0.39 is 0 Å². The fourth-order valence-electron chi connectivity index (χ4n) is 4.65.